The first-order valence-corrected chi connectivity index (χ1v) is 28.2. The van der Waals surface area contributed by atoms with Gasteiger partial charge in [-0.3, -0.25) is 48.6 Å². The van der Waals surface area contributed by atoms with E-state index in [2.05, 4.69) is 42.5 Å². The summed E-state index contributed by atoms with van der Waals surface area (Å²) in [6.45, 7) is 1.21. The fourth-order valence-corrected chi connectivity index (χ4v) is 10.5. The van der Waals surface area contributed by atoms with E-state index in [1.54, 1.807) is 24.3 Å². The Kier molecular flexibility index (Phi) is 24.4. The number of amides is 9. The Hall–Kier alpha value is -8.11. The lowest BCUT2D eigenvalue weighted by atomic mass is 10.0. The Morgan fingerprint density at radius 1 is 0.667 bits per heavy atom. The maximum absolute atomic E-state index is 14.8. The van der Waals surface area contributed by atoms with E-state index in [0.29, 0.717) is 27.3 Å². The maximum atomic E-state index is 14.8. The molecule has 1 aliphatic rings. The minimum Gasteiger partial charge on any atom is -0.508 e. The van der Waals surface area contributed by atoms with Crippen LogP contribution in [0, 0.1) is 5.41 Å². The number of aliphatic hydroxyl groups is 1. The van der Waals surface area contributed by atoms with Gasteiger partial charge in [-0.1, -0.05) is 81.7 Å². The summed E-state index contributed by atoms with van der Waals surface area (Å²) >= 11 is 6.07. The summed E-state index contributed by atoms with van der Waals surface area (Å²) in [6.07, 6.45) is -2.44. The molecular weight excluding hydrogens is 1110 g/mol. The highest BCUT2D eigenvalue weighted by atomic mass is 35.5. The number of phenolic OH excluding ortho intramolecular Hbond substituents is 2. The third kappa shape index (κ3) is 20.8. The van der Waals surface area contributed by atoms with E-state index in [4.69, 9.17) is 39.9 Å². The molecule has 81 heavy (non-hydrogen) atoms. The SMILES string of the molecule is CC(O)C1NC(=O)[C@H](CCCNC(=N)N)NC(=O)[C@@H](Cc2ccc(C(N)=O)cc2)NC(=O)[C@H](Cc2ccc(O)cc2)NC(=O)[C@H](NC(=O)[C@@H](N)Cc2ccc(Cl)cc2)CSSC[C@@H](C(=O)N[C@H](Cc2ccc(O)cc2)C(N)=O)NC1=O. The Balaban J connectivity index is 1.59. The summed E-state index contributed by atoms with van der Waals surface area (Å²) in [4.78, 5) is 126. The highest BCUT2D eigenvalue weighted by Crippen LogP contribution is 2.24. The first kappa shape index (κ1) is 63.7. The Labute approximate surface area is 478 Å². The third-order valence-electron chi connectivity index (χ3n) is 12.6. The molecule has 0 saturated carbocycles. The number of phenols is 2. The van der Waals surface area contributed by atoms with Crippen molar-refractivity contribution in [1.82, 2.24) is 42.5 Å². The maximum Gasteiger partial charge on any atom is 0.248 e. The normalized spacial score (nSPS) is 20.7. The van der Waals surface area contributed by atoms with Crippen LogP contribution in [0.15, 0.2) is 97.1 Å². The molecule has 0 aliphatic carbocycles. The van der Waals surface area contributed by atoms with Crippen molar-refractivity contribution < 1.29 is 58.5 Å². The highest BCUT2D eigenvalue weighted by Gasteiger charge is 2.36. The molecule has 2 unspecified atom stereocenters. The van der Waals surface area contributed by atoms with E-state index in [1.807, 2.05) is 0 Å². The van der Waals surface area contributed by atoms with Crippen molar-refractivity contribution in [3.63, 3.8) is 0 Å². The molecule has 0 radical (unpaired) electrons. The molecule has 1 saturated heterocycles. The number of rotatable bonds is 19. The number of hydrogen-bond donors (Lipinski definition) is 16. The van der Waals surface area contributed by atoms with Crippen LogP contribution in [0.1, 0.15) is 52.4 Å². The van der Waals surface area contributed by atoms with E-state index in [1.165, 1.54) is 79.7 Å². The van der Waals surface area contributed by atoms with Gasteiger partial charge in [0.2, 0.25) is 53.2 Å². The number of aliphatic hydroxyl groups excluding tert-OH is 1. The van der Waals surface area contributed by atoms with Crippen molar-refractivity contribution in [3.8, 4) is 11.5 Å². The average molecular weight is 1180 g/mol. The molecule has 1 aliphatic heterocycles. The van der Waals surface area contributed by atoms with Gasteiger partial charge in [0.05, 0.1) is 12.1 Å². The van der Waals surface area contributed by atoms with Gasteiger partial charge >= 0.3 is 0 Å². The molecule has 5 rings (SSSR count). The lowest BCUT2D eigenvalue weighted by molar-refractivity contribution is -0.136. The molecule has 1 heterocycles. The van der Waals surface area contributed by atoms with Crippen molar-refractivity contribution in [2.24, 2.45) is 22.9 Å². The van der Waals surface area contributed by atoms with Crippen LogP contribution in [-0.4, -0.2) is 147 Å². The number of guanidine groups is 1. The first-order chi connectivity index (χ1) is 38.4. The smallest absolute Gasteiger partial charge is 0.248 e. The molecule has 0 spiro atoms. The number of carbonyl (C=O) groups excluding carboxylic acids is 9. The van der Waals surface area contributed by atoms with Gasteiger partial charge in [0.25, 0.3) is 0 Å². The standard InChI is InChI=1S/C53H66ClN13O12S2/c1-27(68)43-52(79)66-42(50(77)62-38(45(57)72)22-30-8-16-34(69)17-9-30)26-81-80-25-41(65-46(73)36(55)21-28-6-14-33(54)15-7-28)51(78)64-40(24-31-10-18-35(70)19-11-31)49(76)63-39(23-29-4-12-32(13-5-29)44(56)71)48(75)61-37(47(74)67-43)3-2-20-60-53(58)59/h4-19,27,36-43,68-70H,2-3,20-26,55H2,1H3,(H2,56,71)(H2,57,72)(H,61,75)(H,62,77)(H,63,76)(H,64,78)(H,65,73)(H,66,79)(H,67,74)(H4,58,59,60)/t27?,36-,37-,38+,39+,40-,41+,42-,43?/m0/s1. The van der Waals surface area contributed by atoms with Crippen molar-refractivity contribution in [1.29, 1.82) is 5.41 Å². The van der Waals surface area contributed by atoms with Crippen LogP contribution >= 0.6 is 33.2 Å². The molecule has 434 valence electrons. The zero-order chi connectivity index (χ0) is 59.3. The Bertz CT molecular complexity index is 2870. The van der Waals surface area contributed by atoms with Gasteiger partial charge in [0.15, 0.2) is 5.96 Å². The molecule has 9 atom stereocenters. The van der Waals surface area contributed by atoms with Crippen LogP contribution in [0.25, 0.3) is 0 Å². The Morgan fingerprint density at radius 2 is 1.16 bits per heavy atom. The summed E-state index contributed by atoms with van der Waals surface area (Å²) < 4.78 is 0. The summed E-state index contributed by atoms with van der Waals surface area (Å²) in [5, 5.41) is 59.7. The van der Waals surface area contributed by atoms with Gasteiger partial charge in [-0.2, -0.15) is 0 Å². The number of hydrogen-bond acceptors (Lipinski definition) is 16. The van der Waals surface area contributed by atoms with Gasteiger partial charge < -0.3 is 80.8 Å². The molecule has 0 bridgehead atoms. The first-order valence-electron chi connectivity index (χ1n) is 25.3. The van der Waals surface area contributed by atoms with Crippen LogP contribution in [0.2, 0.25) is 5.02 Å². The molecule has 25 nitrogen and oxygen atoms in total. The number of nitrogens with two attached hydrogens (primary N) is 4. The Morgan fingerprint density at radius 3 is 1.70 bits per heavy atom. The number of halogens is 1. The van der Waals surface area contributed by atoms with E-state index in [9.17, 15) is 58.5 Å². The average Bonchev–Trinajstić information content (AvgIpc) is 3.47. The quantitative estimate of drug-likeness (QED) is 0.0217. The second-order valence-corrected chi connectivity index (χ2v) is 22.0. The lowest BCUT2D eigenvalue weighted by Crippen LogP contribution is -2.62. The largest absolute Gasteiger partial charge is 0.508 e. The highest BCUT2D eigenvalue weighted by molar-refractivity contribution is 8.76. The van der Waals surface area contributed by atoms with Crippen LogP contribution in [0.5, 0.6) is 11.5 Å². The van der Waals surface area contributed by atoms with Crippen LogP contribution in [-0.2, 0) is 64.0 Å². The van der Waals surface area contributed by atoms with E-state index >= 15 is 0 Å². The van der Waals surface area contributed by atoms with Crippen LogP contribution in [0.3, 0.4) is 0 Å². The number of carbonyl (C=O) groups is 9. The predicted molar refractivity (Wildman–Crippen MR) is 304 cm³/mol. The van der Waals surface area contributed by atoms with E-state index in [0.717, 1.165) is 21.6 Å². The second-order valence-electron chi connectivity index (χ2n) is 19.0. The molecule has 4 aromatic carbocycles. The van der Waals surface area contributed by atoms with E-state index in [-0.39, 0.29) is 73.6 Å². The van der Waals surface area contributed by atoms with Gasteiger partial charge in [-0.05, 0) is 97.0 Å². The summed E-state index contributed by atoms with van der Waals surface area (Å²) in [7, 11) is 1.87. The van der Waals surface area contributed by atoms with Crippen LogP contribution in [0.4, 0.5) is 0 Å². The van der Waals surface area contributed by atoms with Gasteiger partial charge in [-0.25, -0.2) is 0 Å². The monoisotopic (exact) mass is 1180 g/mol. The predicted octanol–water partition coefficient (Wildman–Crippen LogP) is -1.63. The van der Waals surface area contributed by atoms with E-state index < -0.39 is 114 Å². The third-order valence-corrected chi connectivity index (χ3v) is 15.2. The molecule has 9 amide bonds. The zero-order valence-corrected chi connectivity index (χ0v) is 46.2. The lowest BCUT2D eigenvalue weighted by Gasteiger charge is -2.29. The molecule has 1 fully saturated rings. The van der Waals surface area contributed by atoms with Crippen molar-refractivity contribution in [2.45, 2.75) is 99.9 Å². The number of primary amides is 2. The fourth-order valence-electron chi connectivity index (χ4n) is 8.07. The molecule has 20 N–H and O–H groups in total. The van der Waals surface area contributed by atoms with Crippen molar-refractivity contribution in [2.75, 3.05) is 18.1 Å². The number of nitrogens with one attached hydrogen (secondary N) is 9. The summed E-state index contributed by atoms with van der Waals surface area (Å²) in [6, 6.07) is 11.7. The van der Waals surface area contributed by atoms with Crippen molar-refractivity contribution >= 4 is 92.3 Å². The minimum absolute atomic E-state index is 0.0133. The molecule has 0 aromatic heterocycles. The molecule has 28 heteroatoms. The van der Waals surface area contributed by atoms with Gasteiger partial charge in [-0.15, -0.1) is 0 Å². The minimum atomic E-state index is -1.81. The van der Waals surface area contributed by atoms with Crippen molar-refractivity contribution in [3.05, 3.63) is 130 Å². The fraction of sp³-hybridized carbons (Fsp3) is 0.358. The summed E-state index contributed by atoms with van der Waals surface area (Å²) in [5.41, 5.74) is 25.1. The van der Waals surface area contributed by atoms with Crippen LogP contribution < -0.4 is 65.5 Å². The number of aromatic hydroxyl groups is 2. The molecular formula is C53H66ClN13O12S2. The second kappa shape index (κ2) is 31.0. The zero-order valence-electron chi connectivity index (χ0n) is 43.8. The summed E-state index contributed by atoms with van der Waals surface area (Å²) in [5.74, 6) is -9.53. The number of benzene rings is 4. The van der Waals surface area contributed by atoms with Gasteiger partial charge in [0, 0.05) is 47.9 Å². The molecule has 4 aromatic rings. The topological polar surface area (TPSA) is 438 Å². The van der Waals surface area contributed by atoms with Gasteiger partial charge in [0.1, 0.15) is 53.8 Å².